The van der Waals surface area contributed by atoms with E-state index >= 15 is 0 Å². The Morgan fingerprint density at radius 3 is 2.53 bits per heavy atom. The summed E-state index contributed by atoms with van der Waals surface area (Å²) >= 11 is 6.30. The summed E-state index contributed by atoms with van der Waals surface area (Å²) in [5, 5.41) is 6.50. The van der Waals surface area contributed by atoms with Gasteiger partial charge in [0.25, 0.3) is 6.47 Å². The highest BCUT2D eigenvalue weighted by atomic mass is 35.5. The molecule has 1 heterocycles. The molecule has 1 amide bonds. The second-order valence-corrected chi connectivity index (χ2v) is 11.6. The van der Waals surface area contributed by atoms with Crippen LogP contribution in [0.3, 0.4) is 0 Å². The number of anilines is 1. The zero-order valence-electron chi connectivity index (χ0n) is 25.6. The first-order chi connectivity index (χ1) is 20.8. The van der Waals surface area contributed by atoms with Crippen molar-refractivity contribution in [2.45, 2.75) is 69.6 Å². The van der Waals surface area contributed by atoms with Crippen molar-refractivity contribution >= 4 is 42.2 Å². The van der Waals surface area contributed by atoms with E-state index in [-0.39, 0.29) is 5.91 Å². The van der Waals surface area contributed by atoms with Crippen LogP contribution < -0.4 is 10.6 Å². The zero-order chi connectivity index (χ0) is 31.2. The second kappa shape index (κ2) is 17.1. The molecule has 1 atom stereocenters. The van der Waals surface area contributed by atoms with Crippen molar-refractivity contribution in [3.63, 3.8) is 0 Å². The van der Waals surface area contributed by atoms with Crippen LogP contribution in [0.15, 0.2) is 36.4 Å². The summed E-state index contributed by atoms with van der Waals surface area (Å²) in [6.45, 7) is 3.59. The third-order valence-electron chi connectivity index (χ3n) is 8.58. The van der Waals surface area contributed by atoms with Crippen LogP contribution in [0.1, 0.15) is 72.0 Å². The number of rotatable bonds is 18. The number of aryl methyl sites for hydroxylation is 1. The van der Waals surface area contributed by atoms with Gasteiger partial charge in [-0.3, -0.25) is 19.3 Å². The fourth-order valence-electron chi connectivity index (χ4n) is 6.12. The van der Waals surface area contributed by atoms with Crippen molar-refractivity contribution in [2.75, 3.05) is 46.1 Å². The van der Waals surface area contributed by atoms with Gasteiger partial charge in [-0.2, -0.15) is 0 Å². The Balaban J connectivity index is 1.55. The molecule has 0 radical (unpaired) electrons. The number of likely N-dealkylation sites (tertiary alicyclic amines) is 1. The number of unbranched alkanes of at least 4 members (excludes halogenated alkanes) is 2. The van der Waals surface area contributed by atoms with E-state index in [9.17, 15) is 19.2 Å². The SMILES string of the molecule is CNC(=O)C(CCC=O)N(C)Cc1c(C=O)cccc1CCCCCN1CCC(OC=O)(c2cc(Cl)ccc2NC)CC1. The van der Waals surface area contributed by atoms with Crippen molar-refractivity contribution in [3.8, 4) is 0 Å². The van der Waals surface area contributed by atoms with Gasteiger partial charge in [0, 0.05) is 74.8 Å². The molecule has 0 aliphatic carbocycles. The van der Waals surface area contributed by atoms with Gasteiger partial charge in [-0.1, -0.05) is 36.2 Å². The number of ether oxygens (including phenoxy) is 1. The normalized spacial score (nSPS) is 15.5. The number of nitrogens with zero attached hydrogens (tertiary/aromatic N) is 2. The lowest BCUT2D eigenvalue weighted by Crippen LogP contribution is -2.44. The van der Waals surface area contributed by atoms with E-state index < -0.39 is 11.6 Å². The molecule has 1 fully saturated rings. The lowest BCUT2D eigenvalue weighted by Gasteiger charge is -2.41. The molecule has 43 heavy (non-hydrogen) atoms. The van der Waals surface area contributed by atoms with E-state index in [2.05, 4.69) is 21.6 Å². The number of hydrogen-bond donors (Lipinski definition) is 2. The summed E-state index contributed by atoms with van der Waals surface area (Å²) in [6, 6.07) is 11.0. The standard InChI is InChI=1S/C33H45ClN4O5/c1-35-30-14-13-27(34)21-29(30)33(43-24-41)15-18-38(19-16-33)17-6-4-5-9-25-10-7-11-26(23-40)28(25)22-37(3)31(12-8-20-39)32(42)36-2/h7,10-11,13-14,20-21,23-24,31,35H,4-6,8-9,12,15-19,22H2,1-3H3,(H,36,42). The lowest BCUT2D eigenvalue weighted by molar-refractivity contribution is -0.150. The number of piperidine rings is 1. The number of benzene rings is 2. The number of likely N-dealkylation sites (N-methyl/N-ethyl adjacent to an activating group) is 2. The van der Waals surface area contributed by atoms with Crippen molar-refractivity contribution < 1.29 is 23.9 Å². The third kappa shape index (κ3) is 9.11. The molecule has 2 aromatic carbocycles. The van der Waals surface area contributed by atoms with Crippen LogP contribution in [0.25, 0.3) is 0 Å². The molecule has 1 unspecified atom stereocenters. The van der Waals surface area contributed by atoms with Gasteiger partial charge in [-0.15, -0.1) is 0 Å². The highest BCUT2D eigenvalue weighted by Crippen LogP contribution is 2.41. The second-order valence-electron chi connectivity index (χ2n) is 11.2. The molecule has 9 nitrogen and oxygen atoms in total. The van der Waals surface area contributed by atoms with Gasteiger partial charge in [0.15, 0.2) is 0 Å². The molecule has 1 aliphatic heterocycles. The molecule has 2 aromatic rings. The molecule has 0 aromatic heterocycles. The van der Waals surface area contributed by atoms with Crippen molar-refractivity contribution in [1.82, 2.24) is 15.1 Å². The van der Waals surface area contributed by atoms with Crippen LogP contribution in [-0.2, 0) is 37.7 Å². The van der Waals surface area contributed by atoms with E-state index in [1.807, 2.05) is 49.3 Å². The van der Waals surface area contributed by atoms with E-state index in [0.717, 1.165) is 80.3 Å². The Kier molecular flexibility index (Phi) is 13.6. The molecular weight excluding hydrogens is 568 g/mol. The quantitative estimate of drug-likeness (QED) is 0.186. The largest absolute Gasteiger partial charge is 0.456 e. The highest BCUT2D eigenvalue weighted by Gasteiger charge is 2.40. The molecule has 3 rings (SSSR count). The molecule has 234 valence electrons. The minimum Gasteiger partial charge on any atom is -0.456 e. The summed E-state index contributed by atoms with van der Waals surface area (Å²) in [5.41, 5.74) is 3.81. The fourth-order valence-corrected chi connectivity index (χ4v) is 6.29. The van der Waals surface area contributed by atoms with E-state index in [4.69, 9.17) is 16.3 Å². The topological polar surface area (TPSA) is 108 Å². The number of hydrogen-bond acceptors (Lipinski definition) is 8. The minimum absolute atomic E-state index is 0.141. The first kappa shape index (κ1) is 34.2. The Labute approximate surface area is 260 Å². The number of carbonyl (C=O) groups excluding carboxylic acids is 4. The Morgan fingerprint density at radius 1 is 1.12 bits per heavy atom. The molecule has 1 aliphatic rings. The first-order valence-electron chi connectivity index (χ1n) is 15.1. The van der Waals surface area contributed by atoms with Crippen molar-refractivity contribution in [2.24, 2.45) is 0 Å². The molecule has 1 saturated heterocycles. The molecule has 0 bridgehead atoms. The van der Waals surface area contributed by atoms with Crippen LogP contribution >= 0.6 is 11.6 Å². The maximum Gasteiger partial charge on any atom is 0.293 e. The predicted molar refractivity (Wildman–Crippen MR) is 170 cm³/mol. The average Bonchev–Trinajstić information content (AvgIpc) is 3.02. The van der Waals surface area contributed by atoms with Crippen LogP contribution in [0.5, 0.6) is 0 Å². The van der Waals surface area contributed by atoms with Gasteiger partial charge in [0.05, 0.1) is 6.04 Å². The Morgan fingerprint density at radius 2 is 1.88 bits per heavy atom. The first-order valence-corrected chi connectivity index (χ1v) is 15.4. The van der Waals surface area contributed by atoms with Gasteiger partial charge >= 0.3 is 0 Å². The summed E-state index contributed by atoms with van der Waals surface area (Å²) < 4.78 is 5.73. The summed E-state index contributed by atoms with van der Waals surface area (Å²) in [7, 11) is 5.30. The molecule has 2 N–H and O–H groups in total. The monoisotopic (exact) mass is 612 g/mol. The lowest BCUT2D eigenvalue weighted by atomic mass is 9.83. The number of carbonyl (C=O) groups is 4. The van der Waals surface area contributed by atoms with Gasteiger partial charge in [-0.05, 0) is 68.6 Å². The van der Waals surface area contributed by atoms with E-state index in [0.29, 0.717) is 49.3 Å². The van der Waals surface area contributed by atoms with Crippen molar-refractivity contribution in [1.29, 1.82) is 0 Å². The summed E-state index contributed by atoms with van der Waals surface area (Å²) in [5.74, 6) is -0.141. The van der Waals surface area contributed by atoms with E-state index in [1.54, 1.807) is 7.05 Å². The van der Waals surface area contributed by atoms with Gasteiger partial charge in [0.1, 0.15) is 18.2 Å². The molecule has 0 spiro atoms. The number of nitrogens with one attached hydrogen (secondary N) is 2. The van der Waals surface area contributed by atoms with Crippen molar-refractivity contribution in [3.05, 3.63) is 63.7 Å². The third-order valence-corrected chi connectivity index (χ3v) is 8.82. The van der Waals surface area contributed by atoms with Crippen LogP contribution in [-0.4, -0.2) is 81.6 Å². The van der Waals surface area contributed by atoms with E-state index in [1.165, 1.54) is 0 Å². The van der Waals surface area contributed by atoms with Gasteiger partial charge in [-0.25, -0.2) is 0 Å². The number of halogens is 1. The summed E-state index contributed by atoms with van der Waals surface area (Å²) in [6.07, 6.45) is 7.69. The Hall–Kier alpha value is -3.27. The number of amides is 1. The maximum absolute atomic E-state index is 12.5. The highest BCUT2D eigenvalue weighted by molar-refractivity contribution is 6.30. The molecule has 0 saturated carbocycles. The minimum atomic E-state index is -0.696. The maximum atomic E-state index is 12.5. The molecule has 10 heteroatoms. The average molecular weight is 613 g/mol. The van der Waals surface area contributed by atoms with Gasteiger partial charge < -0.3 is 25.1 Å². The molecular formula is C33H45ClN4O5. The Bertz CT molecular complexity index is 1230. The van der Waals surface area contributed by atoms with Crippen LogP contribution in [0.2, 0.25) is 5.02 Å². The van der Waals surface area contributed by atoms with Crippen LogP contribution in [0, 0.1) is 0 Å². The smallest absolute Gasteiger partial charge is 0.293 e. The summed E-state index contributed by atoms with van der Waals surface area (Å²) in [4.78, 5) is 51.1. The zero-order valence-corrected chi connectivity index (χ0v) is 26.3. The van der Waals surface area contributed by atoms with Crippen LogP contribution in [0.4, 0.5) is 5.69 Å². The van der Waals surface area contributed by atoms with Gasteiger partial charge in [0.2, 0.25) is 5.91 Å². The fraction of sp³-hybridized carbons (Fsp3) is 0.515. The number of aldehydes is 2. The predicted octanol–water partition coefficient (Wildman–Crippen LogP) is 4.60.